The van der Waals surface area contributed by atoms with Crippen LogP contribution in [0.5, 0.6) is 0 Å². The fourth-order valence-corrected chi connectivity index (χ4v) is 4.51. The van der Waals surface area contributed by atoms with E-state index in [0.717, 1.165) is 67.5 Å². The van der Waals surface area contributed by atoms with Gasteiger partial charge in [-0.3, -0.25) is 4.98 Å². The summed E-state index contributed by atoms with van der Waals surface area (Å²) in [6, 6.07) is 12.5. The molecule has 0 aliphatic carbocycles. The average molecular weight is 400 g/mol. The number of fused-ring (bicyclic) bond motifs is 1. The molecule has 7 heteroatoms. The van der Waals surface area contributed by atoms with Crippen molar-refractivity contribution < 1.29 is 0 Å². The Bertz CT molecular complexity index is 1080. The Hall–Kier alpha value is -3.40. The van der Waals surface area contributed by atoms with Crippen LogP contribution in [-0.4, -0.2) is 54.2 Å². The molecule has 0 unspecified atom stereocenters. The first-order valence-electron chi connectivity index (χ1n) is 10.7. The summed E-state index contributed by atoms with van der Waals surface area (Å²) in [5.74, 6) is 2.03. The van der Waals surface area contributed by atoms with Gasteiger partial charge >= 0.3 is 0 Å². The largest absolute Gasteiger partial charge is 0.366 e. The molecule has 7 nitrogen and oxygen atoms in total. The van der Waals surface area contributed by atoms with E-state index < -0.39 is 0 Å². The fourth-order valence-electron chi connectivity index (χ4n) is 4.51. The van der Waals surface area contributed by atoms with E-state index in [4.69, 9.17) is 0 Å². The zero-order valence-corrected chi connectivity index (χ0v) is 17.0. The molecule has 0 saturated carbocycles. The normalized spacial score (nSPS) is 17.2. The molecule has 3 aromatic rings. The first-order chi connectivity index (χ1) is 14.8. The van der Waals surface area contributed by atoms with E-state index in [-0.39, 0.29) is 0 Å². The summed E-state index contributed by atoms with van der Waals surface area (Å²) >= 11 is 0. The lowest BCUT2D eigenvalue weighted by Crippen LogP contribution is -2.47. The van der Waals surface area contributed by atoms with Gasteiger partial charge in [0.1, 0.15) is 24.0 Å². The molecule has 0 spiro atoms. The second-order valence-electron chi connectivity index (χ2n) is 7.91. The highest BCUT2D eigenvalue weighted by atomic mass is 15.3. The summed E-state index contributed by atoms with van der Waals surface area (Å²) in [6.07, 6.45) is 7.16. The van der Waals surface area contributed by atoms with Crippen molar-refractivity contribution in [3.8, 4) is 6.07 Å². The minimum absolute atomic E-state index is 0.636. The van der Waals surface area contributed by atoms with E-state index in [1.165, 1.54) is 19.3 Å². The molecule has 0 bridgehead atoms. The predicted octanol–water partition coefficient (Wildman–Crippen LogP) is 3.21. The molecule has 2 aliphatic heterocycles. The number of aromatic nitrogens is 3. The van der Waals surface area contributed by atoms with Gasteiger partial charge in [0.2, 0.25) is 0 Å². The van der Waals surface area contributed by atoms with Crippen LogP contribution in [0.3, 0.4) is 0 Å². The number of rotatable bonds is 3. The Morgan fingerprint density at radius 1 is 0.767 bits per heavy atom. The second kappa shape index (κ2) is 8.15. The van der Waals surface area contributed by atoms with Crippen molar-refractivity contribution in [3.63, 3.8) is 0 Å². The lowest BCUT2D eigenvalue weighted by Gasteiger charge is -2.37. The van der Waals surface area contributed by atoms with Gasteiger partial charge in [-0.15, -0.1) is 0 Å². The van der Waals surface area contributed by atoms with Gasteiger partial charge in [-0.1, -0.05) is 18.2 Å². The number of nitriles is 1. The monoisotopic (exact) mass is 399 g/mol. The third-order valence-electron chi connectivity index (χ3n) is 6.11. The molecule has 152 valence electrons. The summed E-state index contributed by atoms with van der Waals surface area (Å²) in [4.78, 5) is 20.5. The highest BCUT2D eigenvalue weighted by molar-refractivity contribution is 5.94. The molecule has 0 atom stereocenters. The summed E-state index contributed by atoms with van der Waals surface area (Å²) in [6.45, 7) is 5.56. The van der Waals surface area contributed by atoms with Crippen molar-refractivity contribution in [2.45, 2.75) is 19.3 Å². The van der Waals surface area contributed by atoms with Crippen LogP contribution in [0.15, 0.2) is 42.9 Å². The molecule has 2 saturated heterocycles. The SMILES string of the molecule is N#Cc1cnc2ccccc2c1N1CCN(c2cc(N3CCCCC3)ncn2)CC1. The quantitative estimate of drug-likeness (QED) is 0.670. The lowest BCUT2D eigenvalue weighted by atomic mass is 10.1. The number of para-hydroxylation sites is 1. The number of piperazine rings is 1. The summed E-state index contributed by atoms with van der Waals surface area (Å²) in [5, 5.41) is 10.7. The minimum atomic E-state index is 0.636. The van der Waals surface area contributed by atoms with E-state index in [1.807, 2.05) is 18.2 Å². The van der Waals surface area contributed by atoms with Gasteiger partial charge in [0.15, 0.2) is 0 Å². The maximum absolute atomic E-state index is 9.64. The van der Waals surface area contributed by atoms with Gasteiger partial charge in [0, 0.05) is 56.9 Å². The standard InChI is InChI=1S/C23H25N7/c24-15-18-16-25-20-7-3-2-6-19(20)23(18)30-12-10-29(11-13-30)22-14-21(26-17-27-22)28-8-4-1-5-9-28/h2-3,6-7,14,16-17H,1,4-5,8-13H2. The first-order valence-corrected chi connectivity index (χ1v) is 10.7. The number of pyridine rings is 1. The number of anilines is 3. The maximum atomic E-state index is 9.64. The van der Waals surface area contributed by atoms with E-state index >= 15 is 0 Å². The Kier molecular flexibility index (Phi) is 5.06. The highest BCUT2D eigenvalue weighted by Gasteiger charge is 2.23. The van der Waals surface area contributed by atoms with Crippen LogP contribution in [0.4, 0.5) is 17.3 Å². The van der Waals surface area contributed by atoms with Gasteiger partial charge in [0.05, 0.1) is 16.8 Å². The lowest BCUT2D eigenvalue weighted by molar-refractivity contribution is 0.572. The molecule has 2 aliphatic rings. The number of piperidine rings is 1. The van der Waals surface area contributed by atoms with E-state index in [2.05, 4.69) is 47.9 Å². The molecule has 30 heavy (non-hydrogen) atoms. The Labute approximate surface area is 176 Å². The molecule has 0 N–H and O–H groups in total. The van der Waals surface area contributed by atoms with Crippen LogP contribution in [-0.2, 0) is 0 Å². The van der Waals surface area contributed by atoms with Crippen LogP contribution in [0.2, 0.25) is 0 Å². The van der Waals surface area contributed by atoms with Crippen molar-refractivity contribution in [1.82, 2.24) is 15.0 Å². The number of benzene rings is 1. The molecular weight excluding hydrogens is 374 g/mol. The number of hydrogen-bond donors (Lipinski definition) is 0. The van der Waals surface area contributed by atoms with Gasteiger partial charge in [-0.05, 0) is 25.3 Å². The smallest absolute Gasteiger partial charge is 0.134 e. The molecule has 0 radical (unpaired) electrons. The van der Waals surface area contributed by atoms with Crippen LogP contribution >= 0.6 is 0 Å². The number of hydrogen-bond acceptors (Lipinski definition) is 7. The molecule has 1 aromatic carbocycles. The Balaban J connectivity index is 1.35. The van der Waals surface area contributed by atoms with Crippen molar-refractivity contribution in [2.24, 2.45) is 0 Å². The third kappa shape index (κ3) is 3.50. The van der Waals surface area contributed by atoms with Crippen molar-refractivity contribution in [1.29, 1.82) is 5.26 Å². The van der Waals surface area contributed by atoms with Crippen molar-refractivity contribution in [2.75, 3.05) is 54.0 Å². The zero-order chi connectivity index (χ0) is 20.3. The van der Waals surface area contributed by atoms with Crippen LogP contribution in [0.25, 0.3) is 10.9 Å². The third-order valence-corrected chi connectivity index (χ3v) is 6.11. The Morgan fingerprint density at radius 2 is 1.43 bits per heavy atom. The molecule has 4 heterocycles. The van der Waals surface area contributed by atoms with E-state index in [1.54, 1.807) is 12.5 Å². The van der Waals surface area contributed by atoms with Gasteiger partial charge < -0.3 is 14.7 Å². The van der Waals surface area contributed by atoms with Crippen molar-refractivity contribution >= 4 is 28.2 Å². The topological polar surface area (TPSA) is 72.2 Å². The minimum Gasteiger partial charge on any atom is -0.366 e. The van der Waals surface area contributed by atoms with Gasteiger partial charge in [-0.2, -0.15) is 5.26 Å². The number of nitrogens with zero attached hydrogens (tertiary/aromatic N) is 7. The predicted molar refractivity (Wildman–Crippen MR) is 119 cm³/mol. The molecule has 0 amide bonds. The highest BCUT2D eigenvalue weighted by Crippen LogP contribution is 2.31. The van der Waals surface area contributed by atoms with Gasteiger partial charge in [-0.25, -0.2) is 9.97 Å². The zero-order valence-electron chi connectivity index (χ0n) is 17.0. The molecule has 2 fully saturated rings. The maximum Gasteiger partial charge on any atom is 0.134 e. The molecule has 5 rings (SSSR count). The van der Waals surface area contributed by atoms with Crippen LogP contribution in [0, 0.1) is 11.3 Å². The van der Waals surface area contributed by atoms with Crippen LogP contribution < -0.4 is 14.7 Å². The summed E-state index contributed by atoms with van der Waals surface area (Å²) < 4.78 is 0. The summed E-state index contributed by atoms with van der Waals surface area (Å²) in [7, 11) is 0. The van der Waals surface area contributed by atoms with Crippen molar-refractivity contribution in [3.05, 3.63) is 48.4 Å². The molecule has 2 aromatic heterocycles. The first kappa shape index (κ1) is 18.6. The average Bonchev–Trinajstić information content (AvgIpc) is 2.84. The van der Waals surface area contributed by atoms with E-state index in [9.17, 15) is 5.26 Å². The van der Waals surface area contributed by atoms with Crippen LogP contribution in [0.1, 0.15) is 24.8 Å². The van der Waals surface area contributed by atoms with Gasteiger partial charge in [0.25, 0.3) is 0 Å². The Morgan fingerprint density at radius 3 is 2.17 bits per heavy atom. The fraction of sp³-hybridized carbons (Fsp3) is 0.391. The summed E-state index contributed by atoms with van der Waals surface area (Å²) in [5.41, 5.74) is 2.56. The molecular formula is C23H25N7. The second-order valence-corrected chi connectivity index (χ2v) is 7.91. The van der Waals surface area contributed by atoms with E-state index in [0.29, 0.717) is 5.56 Å².